The molecular formula is C13H19ClN2O. The highest BCUT2D eigenvalue weighted by Crippen LogP contribution is 2.16. The van der Waals surface area contributed by atoms with E-state index in [0.717, 1.165) is 10.6 Å². The number of carbonyl (C=O) groups excluding carboxylic acids is 1. The molecule has 3 N–H and O–H groups in total. The number of nitrogens with one attached hydrogen (secondary N) is 1. The topological polar surface area (TPSA) is 55.1 Å². The molecule has 0 spiro atoms. The average Bonchev–Trinajstić information content (AvgIpc) is 2.14. The van der Waals surface area contributed by atoms with E-state index in [2.05, 4.69) is 5.32 Å². The zero-order valence-corrected chi connectivity index (χ0v) is 11.3. The monoisotopic (exact) mass is 254 g/mol. The van der Waals surface area contributed by atoms with Gasteiger partial charge in [0, 0.05) is 23.5 Å². The zero-order valence-electron chi connectivity index (χ0n) is 10.5. The van der Waals surface area contributed by atoms with E-state index in [4.69, 9.17) is 17.3 Å². The molecule has 0 aromatic heterocycles. The van der Waals surface area contributed by atoms with Crippen molar-refractivity contribution in [3.8, 4) is 0 Å². The molecule has 0 atom stereocenters. The molecule has 0 aliphatic carbocycles. The van der Waals surface area contributed by atoms with E-state index in [1.165, 1.54) is 5.56 Å². The lowest BCUT2D eigenvalue weighted by atomic mass is 9.99. The lowest BCUT2D eigenvalue weighted by Gasteiger charge is -2.25. The van der Waals surface area contributed by atoms with Gasteiger partial charge < -0.3 is 11.1 Å². The maximum absolute atomic E-state index is 10.9. The fourth-order valence-corrected chi connectivity index (χ4v) is 1.92. The summed E-state index contributed by atoms with van der Waals surface area (Å²) in [4.78, 5) is 10.9. The number of halogens is 1. The summed E-state index contributed by atoms with van der Waals surface area (Å²) in [6, 6.07) is 5.79. The molecule has 1 rings (SSSR count). The second kappa shape index (κ2) is 5.52. The molecule has 0 bridgehead atoms. The van der Waals surface area contributed by atoms with Crippen LogP contribution in [-0.4, -0.2) is 11.4 Å². The van der Waals surface area contributed by atoms with Crippen molar-refractivity contribution < 1.29 is 4.79 Å². The maximum Gasteiger partial charge on any atom is 0.219 e. The number of amides is 1. The second-order valence-corrected chi connectivity index (χ2v) is 5.39. The van der Waals surface area contributed by atoms with Gasteiger partial charge in [0.2, 0.25) is 5.91 Å². The highest BCUT2D eigenvalue weighted by molar-refractivity contribution is 6.30. The van der Waals surface area contributed by atoms with Gasteiger partial charge in [0.05, 0.1) is 0 Å². The van der Waals surface area contributed by atoms with Crippen LogP contribution in [0.5, 0.6) is 0 Å². The van der Waals surface area contributed by atoms with Gasteiger partial charge in [0.25, 0.3) is 0 Å². The minimum absolute atomic E-state index is 0.294. The first-order chi connectivity index (χ1) is 7.80. The van der Waals surface area contributed by atoms with Crippen LogP contribution in [0.1, 0.15) is 31.4 Å². The largest absolute Gasteiger partial charge is 0.370 e. The van der Waals surface area contributed by atoms with Crippen LogP contribution < -0.4 is 11.1 Å². The van der Waals surface area contributed by atoms with Crippen LogP contribution in [0.3, 0.4) is 0 Å². The summed E-state index contributed by atoms with van der Waals surface area (Å²) >= 11 is 5.89. The summed E-state index contributed by atoms with van der Waals surface area (Å²) in [6.07, 6.45) is 0.319. The first-order valence-electron chi connectivity index (χ1n) is 5.58. The van der Waals surface area contributed by atoms with Crippen LogP contribution >= 0.6 is 11.6 Å². The highest BCUT2D eigenvalue weighted by atomic mass is 35.5. The number of aryl methyl sites for hydroxylation is 1. The molecule has 0 aliphatic heterocycles. The molecule has 0 unspecified atom stereocenters. The molecule has 0 fully saturated rings. The molecule has 0 saturated carbocycles. The Morgan fingerprint density at radius 2 is 2.12 bits per heavy atom. The van der Waals surface area contributed by atoms with Crippen molar-refractivity contribution in [2.75, 3.05) is 0 Å². The van der Waals surface area contributed by atoms with Crippen LogP contribution in [0.2, 0.25) is 5.02 Å². The number of hydrogen-bond acceptors (Lipinski definition) is 2. The van der Waals surface area contributed by atoms with Crippen molar-refractivity contribution in [1.29, 1.82) is 0 Å². The molecular weight excluding hydrogens is 236 g/mol. The summed E-state index contributed by atoms with van der Waals surface area (Å²) in [6.45, 7) is 6.64. The van der Waals surface area contributed by atoms with Crippen molar-refractivity contribution in [3.63, 3.8) is 0 Å². The molecule has 0 aliphatic rings. The van der Waals surface area contributed by atoms with Crippen molar-refractivity contribution in [3.05, 3.63) is 34.3 Å². The third-order valence-corrected chi connectivity index (χ3v) is 2.91. The minimum Gasteiger partial charge on any atom is -0.370 e. The van der Waals surface area contributed by atoms with Crippen molar-refractivity contribution >= 4 is 17.5 Å². The van der Waals surface area contributed by atoms with Gasteiger partial charge in [-0.05, 0) is 44.0 Å². The molecule has 1 aromatic carbocycles. The molecule has 3 nitrogen and oxygen atoms in total. The lowest BCUT2D eigenvalue weighted by molar-refractivity contribution is -0.119. The number of carbonyl (C=O) groups is 1. The van der Waals surface area contributed by atoms with Crippen molar-refractivity contribution in [2.45, 2.75) is 39.3 Å². The molecule has 0 heterocycles. The molecule has 1 aromatic rings. The molecule has 0 saturated heterocycles. The van der Waals surface area contributed by atoms with Crippen LogP contribution in [0.15, 0.2) is 18.2 Å². The van der Waals surface area contributed by atoms with Crippen LogP contribution in [0.25, 0.3) is 0 Å². The van der Waals surface area contributed by atoms with Gasteiger partial charge in [-0.3, -0.25) is 4.79 Å². The Kier molecular flexibility index (Phi) is 4.54. The van der Waals surface area contributed by atoms with Gasteiger partial charge in [-0.15, -0.1) is 0 Å². The molecule has 94 valence electrons. The van der Waals surface area contributed by atoms with Crippen LogP contribution in [0, 0.1) is 6.92 Å². The van der Waals surface area contributed by atoms with Crippen LogP contribution in [-0.2, 0) is 11.3 Å². The zero-order chi connectivity index (χ0) is 13.1. The first kappa shape index (κ1) is 14.0. The number of nitrogens with two attached hydrogens (primary N) is 1. The van der Waals surface area contributed by atoms with E-state index < -0.39 is 0 Å². The number of hydrogen-bond donors (Lipinski definition) is 2. The summed E-state index contributed by atoms with van der Waals surface area (Å²) in [5.41, 5.74) is 7.22. The summed E-state index contributed by atoms with van der Waals surface area (Å²) < 4.78 is 0. The Morgan fingerprint density at radius 1 is 1.47 bits per heavy atom. The minimum atomic E-state index is -0.296. The normalized spacial score (nSPS) is 11.5. The predicted molar refractivity (Wildman–Crippen MR) is 70.9 cm³/mol. The Labute approximate surface area is 107 Å². The van der Waals surface area contributed by atoms with E-state index >= 15 is 0 Å². The standard InChI is InChI=1S/C13H19ClN2O/c1-9-6-11(14)5-4-10(9)8-16-13(2,3)7-12(15)17/h4-6,16H,7-8H2,1-3H3,(H2,15,17). The first-order valence-corrected chi connectivity index (χ1v) is 5.96. The Hall–Kier alpha value is -1.06. The molecule has 4 heteroatoms. The van der Waals surface area contributed by atoms with Gasteiger partial charge in [0.15, 0.2) is 0 Å². The van der Waals surface area contributed by atoms with E-state index in [-0.39, 0.29) is 11.4 Å². The summed E-state index contributed by atoms with van der Waals surface area (Å²) in [5.74, 6) is -0.296. The van der Waals surface area contributed by atoms with Crippen LogP contribution in [0.4, 0.5) is 0 Å². The highest BCUT2D eigenvalue weighted by Gasteiger charge is 2.19. The van der Waals surface area contributed by atoms with Gasteiger partial charge in [-0.1, -0.05) is 17.7 Å². The average molecular weight is 255 g/mol. The SMILES string of the molecule is Cc1cc(Cl)ccc1CNC(C)(C)CC(N)=O. The fourth-order valence-electron chi connectivity index (χ4n) is 1.69. The third kappa shape index (κ3) is 4.75. The smallest absolute Gasteiger partial charge is 0.219 e. The molecule has 1 amide bonds. The van der Waals surface area contributed by atoms with E-state index in [1.807, 2.05) is 39.0 Å². The number of benzene rings is 1. The summed E-state index contributed by atoms with van der Waals surface area (Å²) in [7, 11) is 0. The van der Waals surface area contributed by atoms with Gasteiger partial charge in [0.1, 0.15) is 0 Å². The van der Waals surface area contributed by atoms with Gasteiger partial charge >= 0.3 is 0 Å². The van der Waals surface area contributed by atoms with E-state index in [1.54, 1.807) is 0 Å². The van der Waals surface area contributed by atoms with Crippen molar-refractivity contribution in [2.24, 2.45) is 5.73 Å². The quantitative estimate of drug-likeness (QED) is 0.848. The summed E-state index contributed by atoms with van der Waals surface area (Å²) in [5, 5.41) is 4.06. The number of rotatable bonds is 5. The van der Waals surface area contributed by atoms with Gasteiger partial charge in [-0.2, -0.15) is 0 Å². The maximum atomic E-state index is 10.9. The molecule has 17 heavy (non-hydrogen) atoms. The third-order valence-electron chi connectivity index (χ3n) is 2.68. The van der Waals surface area contributed by atoms with E-state index in [0.29, 0.717) is 13.0 Å². The fraction of sp³-hybridized carbons (Fsp3) is 0.462. The lowest BCUT2D eigenvalue weighted by Crippen LogP contribution is -2.42. The molecule has 0 radical (unpaired) electrons. The predicted octanol–water partition coefficient (Wildman–Crippen LogP) is 2.39. The Morgan fingerprint density at radius 3 is 2.65 bits per heavy atom. The van der Waals surface area contributed by atoms with Gasteiger partial charge in [-0.25, -0.2) is 0 Å². The second-order valence-electron chi connectivity index (χ2n) is 4.95. The Bertz CT molecular complexity index is 416. The Balaban J connectivity index is 2.64. The number of primary amides is 1. The van der Waals surface area contributed by atoms with Crippen molar-refractivity contribution in [1.82, 2.24) is 5.32 Å². The van der Waals surface area contributed by atoms with E-state index in [9.17, 15) is 4.79 Å².